The minimum Gasteiger partial charge on any atom is -0.301 e. The summed E-state index contributed by atoms with van der Waals surface area (Å²) in [5.74, 6) is 2.41. The van der Waals surface area contributed by atoms with E-state index in [0.717, 1.165) is 23.9 Å². The highest BCUT2D eigenvalue weighted by Crippen LogP contribution is 2.75. The van der Waals surface area contributed by atoms with Crippen molar-refractivity contribution in [1.82, 2.24) is 4.98 Å². The van der Waals surface area contributed by atoms with Crippen LogP contribution >= 0.6 is 11.3 Å². The molecule has 0 radical (unpaired) electrons. The number of nitrogens with zero attached hydrogens (tertiary/aromatic N) is 1. The van der Waals surface area contributed by atoms with E-state index in [0.29, 0.717) is 11.8 Å². The molecule has 0 saturated heterocycles. The van der Waals surface area contributed by atoms with Crippen LogP contribution in [-0.4, -0.2) is 10.9 Å². The van der Waals surface area contributed by atoms with Crippen LogP contribution in [0.25, 0.3) is 0 Å². The smallest absolute Gasteiger partial charge is 0.232 e. The maximum atomic E-state index is 12.0. The fourth-order valence-electron chi connectivity index (χ4n) is 3.52. The van der Waals surface area contributed by atoms with Crippen LogP contribution in [0.5, 0.6) is 0 Å². The molecule has 0 aliphatic heterocycles. The zero-order valence-electron chi connectivity index (χ0n) is 11.3. The Morgan fingerprint density at radius 3 is 2.95 bits per heavy atom. The number of anilines is 1. The van der Waals surface area contributed by atoms with E-state index in [1.54, 1.807) is 11.3 Å². The second-order valence-corrected chi connectivity index (χ2v) is 7.81. The van der Waals surface area contributed by atoms with Gasteiger partial charge in [0.05, 0.1) is 5.41 Å². The van der Waals surface area contributed by atoms with Crippen LogP contribution in [0, 0.1) is 17.3 Å². The Morgan fingerprint density at radius 1 is 1.47 bits per heavy atom. The molecule has 3 aliphatic rings. The molecule has 102 valence electrons. The highest BCUT2D eigenvalue weighted by atomic mass is 32.1. The van der Waals surface area contributed by atoms with E-state index in [1.807, 2.05) is 6.20 Å². The molecule has 0 aromatic carbocycles. The van der Waals surface area contributed by atoms with Crippen LogP contribution in [-0.2, 0) is 4.79 Å². The summed E-state index contributed by atoms with van der Waals surface area (Å²) in [4.78, 5) is 17.8. The molecular weight excluding hydrogens is 256 g/mol. The summed E-state index contributed by atoms with van der Waals surface area (Å²) < 4.78 is 0. The van der Waals surface area contributed by atoms with Crippen LogP contribution < -0.4 is 5.32 Å². The van der Waals surface area contributed by atoms with Crippen LogP contribution in [0.1, 0.15) is 56.2 Å². The zero-order chi connectivity index (χ0) is 13.0. The summed E-state index contributed by atoms with van der Waals surface area (Å²) in [6, 6.07) is 0. The largest absolute Gasteiger partial charge is 0.301 e. The lowest BCUT2D eigenvalue weighted by Crippen LogP contribution is -2.17. The molecule has 19 heavy (non-hydrogen) atoms. The van der Waals surface area contributed by atoms with Gasteiger partial charge in [-0.3, -0.25) is 4.79 Å². The SMILES string of the molecule is CC1CCCC(c2cnc(NC(=O)C34CC3C4)s2)C1. The Morgan fingerprint density at radius 2 is 2.26 bits per heavy atom. The molecule has 4 heteroatoms. The molecule has 1 aromatic heterocycles. The number of amides is 1. The number of fused-ring (bicyclic) bond motifs is 1. The molecule has 1 N–H and O–H groups in total. The summed E-state index contributed by atoms with van der Waals surface area (Å²) in [6.45, 7) is 2.34. The second-order valence-electron chi connectivity index (χ2n) is 6.75. The Bertz CT molecular complexity index is 518. The Hall–Kier alpha value is -0.900. The fraction of sp³-hybridized carbons (Fsp3) is 0.733. The topological polar surface area (TPSA) is 42.0 Å². The first-order valence-electron chi connectivity index (χ1n) is 7.44. The number of hydrogen-bond donors (Lipinski definition) is 1. The van der Waals surface area contributed by atoms with Crippen molar-refractivity contribution in [3.8, 4) is 0 Å². The predicted molar refractivity (Wildman–Crippen MR) is 76.3 cm³/mol. The highest BCUT2D eigenvalue weighted by Gasteiger charge is 2.74. The number of aromatic nitrogens is 1. The third-order valence-corrected chi connectivity index (χ3v) is 6.29. The standard InChI is InChI=1S/C15H20N2OS/c1-9-3-2-4-10(5-9)12-8-16-14(19-12)17-13(18)15-6-11(15)7-15/h8-11H,2-7H2,1H3,(H,16,17,18). The Kier molecular flexibility index (Phi) is 2.53. The second kappa shape index (κ2) is 4.05. The molecule has 1 aromatic rings. The summed E-state index contributed by atoms with van der Waals surface area (Å²) in [5.41, 5.74) is 0.0468. The van der Waals surface area contributed by atoms with Crippen molar-refractivity contribution in [3.63, 3.8) is 0 Å². The summed E-state index contributed by atoms with van der Waals surface area (Å²) in [7, 11) is 0. The molecule has 3 aliphatic carbocycles. The number of thiazole rings is 1. The quantitative estimate of drug-likeness (QED) is 0.912. The molecule has 4 rings (SSSR count). The first kappa shape index (κ1) is 11.9. The maximum absolute atomic E-state index is 12.0. The van der Waals surface area contributed by atoms with E-state index >= 15 is 0 Å². The lowest BCUT2D eigenvalue weighted by molar-refractivity contribution is -0.119. The molecule has 2 atom stereocenters. The van der Waals surface area contributed by atoms with E-state index in [4.69, 9.17) is 0 Å². The summed E-state index contributed by atoms with van der Waals surface area (Å²) >= 11 is 1.69. The number of carbonyl (C=O) groups is 1. The number of rotatable bonds is 3. The molecule has 2 unspecified atom stereocenters. The van der Waals surface area contributed by atoms with Crippen LogP contribution in [0.4, 0.5) is 5.13 Å². The van der Waals surface area contributed by atoms with E-state index < -0.39 is 0 Å². The van der Waals surface area contributed by atoms with Crippen molar-refractivity contribution in [1.29, 1.82) is 0 Å². The van der Waals surface area contributed by atoms with Crippen LogP contribution in [0.3, 0.4) is 0 Å². The minimum atomic E-state index is 0.0468. The number of hydrogen-bond acceptors (Lipinski definition) is 3. The predicted octanol–water partition coefficient (Wildman–Crippen LogP) is 3.79. The van der Waals surface area contributed by atoms with Gasteiger partial charge in [-0.15, -0.1) is 11.3 Å². The molecular formula is C15H20N2OS. The molecule has 0 spiro atoms. The minimum absolute atomic E-state index is 0.0468. The fourth-order valence-corrected chi connectivity index (χ4v) is 4.48. The average molecular weight is 276 g/mol. The lowest BCUT2D eigenvalue weighted by atomic mass is 9.82. The van der Waals surface area contributed by atoms with E-state index in [1.165, 1.54) is 30.6 Å². The maximum Gasteiger partial charge on any atom is 0.232 e. The summed E-state index contributed by atoms with van der Waals surface area (Å²) in [5, 5.41) is 3.84. The van der Waals surface area contributed by atoms with Gasteiger partial charge in [0.25, 0.3) is 0 Å². The van der Waals surface area contributed by atoms with Crippen molar-refractivity contribution in [2.45, 2.75) is 51.4 Å². The summed E-state index contributed by atoms with van der Waals surface area (Å²) in [6.07, 6.45) is 9.46. The van der Waals surface area contributed by atoms with Gasteiger partial charge in [-0.1, -0.05) is 19.8 Å². The van der Waals surface area contributed by atoms with Gasteiger partial charge < -0.3 is 5.32 Å². The third kappa shape index (κ3) is 2.00. The third-order valence-electron chi connectivity index (χ3n) is 5.22. The molecule has 3 fully saturated rings. The van der Waals surface area contributed by atoms with Gasteiger partial charge in [-0.2, -0.15) is 0 Å². The average Bonchev–Trinajstić information content (AvgIpc) is 3.19. The first-order chi connectivity index (χ1) is 9.17. The Balaban J connectivity index is 1.42. The molecule has 1 amide bonds. The molecule has 3 nitrogen and oxygen atoms in total. The van der Waals surface area contributed by atoms with E-state index in [-0.39, 0.29) is 11.3 Å². The van der Waals surface area contributed by atoms with Gasteiger partial charge in [0, 0.05) is 11.1 Å². The van der Waals surface area contributed by atoms with Crippen LogP contribution in [0.15, 0.2) is 6.20 Å². The van der Waals surface area contributed by atoms with E-state index in [9.17, 15) is 4.79 Å². The van der Waals surface area contributed by atoms with Crippen molar-refractivity contribution < 1.29 is 4.79 Å². The lowest BCUT2D eigenvalue weighted by Gasteiger charge is -2.25. The van der Waals surface area contributed by atoms with Crippen molar-refractivity contribution in [3.05, 3.63) is 11.1 Å². The highest BCUT2D eigenvalue weighted by molar-refractivity contribution is 7.15. The van der Waals surface area contributed by atoms with Gasteiger partial charge >= 0.3 is 0 Å². The van der Waals surface area contributed by atoms with Gasteiger partial charge in [0.2, 0.25) is 5.91 Å². The van der Waals surface area contributed by atoms with Gasteiger partial charge in [0.1, 0.15) is 0 Å². The van der Waals surface area contributed by atoms with Gasteiger partial charge in [-0.05, 0) is 43.4 Å². The molecule has 3 saturated carbocycles. The number of carbonyl (C=O) groups excluding carboxylic acids is 1. The van der Waals surface area contributed by atoms with Crippen molar-refractivity contribution in [2.75, 3.05) is 5.32 Å². The number of nitrogens with one attached hydrogen (secondary N) is 1. The zero-order valence-corrected chi connectivity index (χ0v) is 12.1. The first-order valence-corrected chi connectivity index (χ1v) is 8.26. The van der Waals surface area contributed by atoms with Crippen molar-refractivity contribution in [2.24, 2.45) is 17.3 Å². The van der Waals surface area contributed by atoms with Gasteiger partial charge in [0.15, 0.2) is 5.13 Å². The normalized spacial score (nSPS) is 39.5. The Labute approximate surface area is 117 Å². The molecule has 1 heterocycles. The molecule has 0 bridgehead atoms. The monoisotopic (exact) mass is 276 g/mol. The van der Waals surface area contributed by atoms with Crippen molar-refractivity contribution >= 4 is 22.4 Å². The van der Waals surface area contributed by atoms with E-state index in [2.05, 4.69) is 17.2 Å². The van der Waals surface area contributed by atoms with Crippen LogP contribution in [0.2, 0.25) is 0 Å². The van der Waals surface area contributed by atoms with Gasteiger partial charge in [-0.25, -0.2) is 4.98 Å².